The second-order valence-electron chi connectivity index (χ2n) is 5.66. The third-order valence-corrected chi connectivity index (χ3v) is 2.48. The lowest BCUT2D eigenvalue weighted by molar-refractivity contribution is -0.117. The van der Waals surface area contributed by atoms with Gasteiger partial charge in [0.1, 0.15) is 12.4 Å². The van der Waals surface area contributed by atoms with Crippen molar-refractivity contribution < 1.29 is 14.6 Å². The summed E-state index contributed by atoms with van der Waals surface area (Å²) in [6, 6.07) is 5.26. The predicted molar refractivity (Wildman–Crippen MR) is 79.7 cm³/mol. The molecule has 108 valence electrons. The third-order valence-electron chi connectivity index (χ3n) is 2.48. The average Bonchev–Trinajstić information content (AvgIpc) is 2.34. The number of methoxy groups -OCH3 is 1. The van der Waals surface area contributed by atoms with Gasteiger partial charge in [0.2, 0.25) is 5.91 Å². The molecule has 1 aromatic rings. The molecule has 0 aliphatic rings. The van der Waals surface area contributed by atoms with Crippen LogP contribution in [0, 0.1) is 17.3 Å². The number of benzene rings is 1. The van der Waals surface area contributed by atoms with E-state index in [0.717, 1.165) is 0 Å². The van der Waals surface area contributed by atoms with Crippen molar-refractivity contribution >= 4 is 11.6 Å². The fraction of sp³-hybridized carbons (Fsp3) is 0.438. The van der Waals surface area contributed by atoms with Crippen LogP contribution in [-0.2, 0) is 4.79 Å². The number of ether oxygens (including phenoxy) is 1. The van der Waals surface area contributed by atoms with Gasteiger partial charge in [-0.3, -0.25) is 4.79 Å². The molecule has 1 aromatic carbocycles. The van der Waals surface area contributed by atoms with Crippen LogP contribution in [0.4, 0.5) is 5.69 Å². The third kappa shape index (κ3) is 5.33. The number of nitrogens with one attached hydrogen (secondary N) is 1. The van der Waals surface area contributed by atoms with Gasteiger partial charge in [-0.25, -0.2) is 0 Å². The Kier molecular flexibility index (Phi) is 5.60. The van der Waals surface area contributed by atoms with Crippen LogP contribution in [0.3, 0.4) is 0 Å². The molecule has 0 spiro atoms. The van der Waals surface area contributed by atoms with Crippen LogP contribution in [0.1, 0.15) is 32.8 Å². The van der Waals surface area contributed by atoms with E-state index in [1.165, 1.54) is 0 Å². The molecule has 0 aliphatic carbocycles. The zero-order valence-electron chi connectivity index (χ0n) is 12.4. The lowest BCUT2D eigenvalue weighted by atomic mass is 9.92. The number of aliphatic hydroxyl groups is 1. The zero-order valence-corrected chi connectivity index (χ0v) is 12.4. The van der Waals surface area contributed by atoms with Crippen molar-refractivity contribution in [2.75, 3.05) is 19.0 Å². The molecule has 1 rings (SSSR count). The number of aliphatic hydroxyl groups excluding tert-OH is 1. The van der Waals surface area contributed by atoms with E-state index < -0.39 is 0 Å². The molecule has 0 saturated heterocycles. The highest BCUT2D eigenvalue weighted by molar-refractivity contribution is 5.92. The first-order valence-corrected chi connectivity index (χ1v) is 6.43. The normalized spacial score (nSPS) is 10.4. The predicted octanol–water partition coefficient (Wildman–Crippen LogP) is 2.41. The summed E-state index contributed by atoms with van der Waals surface area (Å²) in [5.41, 5.74) is 1.23. The molecule has 0 heterocycles. The highest BCUT2D eigenvalue weighted by atomic mass is 16.5. The van der Waals surface area contributed by atoms with Crippen LogP contribution >= 0.6 is 0 Å². The maximum atomic E-state index is 12.0. The Bertz CT molecular complexity index is 533. The van der Waals surface area contributed by atoms with Gasteiger partial charge in [-0.05, 0) is 23.6 Å². The molecule has 4 nitrogen and oxygen atoms in total. The minimum absolute atomic E-state index is 0.0666. The summed E-state index contributed by atoms with van der Waals surface area (Å²) in [7, 11) is 1.55. The van der Waals surface area contributed by atoms with Crippen LogP contribution in [-0.4, -0.2) is 24.7 Å². The highest BCUT2D eigenvalue weighted by Crippen LogP contribution is 2.27. The SMILES string of the molecule is COc1ccc(C#CCO)cc1NC(=O)CC(C)(C)C. The second-order valence-corrected chi connectivity index (χ2v) is 5.66. The Morgan fingerprint density at radius 1 is 1.40 bits per heavy atom. The molecule has 4 heteroatoms. The fourth-order valence-electron chi connectivity index (χ4n) is 1.70. The molecule has 0 saturated carbocycles. The van der Waals surface area contributed by atoms with Gasteiger partial charge in [-0.2, -0.15) is 0 Å². The smallest absolute Gasteiger partial charge is 0.224 e. The standard InChI is InChI=1S/C16H21NO3/c1-16(2,3)11-15(19)17-13-10-12(6-5-9-18)7-8-14(13)20-4/h7-8,10,18H,9,11H2,1-4H3,(H,17,19). The summed E-state index contributed by atoms with van der Waals surface area (Å²) in [4.78, 5) is 12.0. The van der Waals surface area contributed by atoms with Crippen LogP contribution < -0.4 is 10.1 Å². The van der Waals surface area contributed by atoms with Gasteiger partial charge in [-0.1, -0.05) is 32.6 Å². The van der Waals surface area contributed by atoms with E-state index in [1.54, 1.807) is 25.3 Å². The van der Waals surface area contributed by atoms with Crippen molar-refractivity contribution in [1.29, 1.82) is 0 Å². The lowest BCUT2D eigenvalue weighted by Crippen LogP contribution is -2.20. The molecule has 20 heavy (non-hydrogen) atoms. The van der Waals surface area contributed by atoms with E-state index in [-0.39, 0.29) is 17.9 Å². The van der Waals surface area contributed by atoms with E-state index in [2.05, 4.69) is 17.2 Å². The molecule has 0 fully saturated rings. The van der Waals surface area contributed by atoms with Gasteiger partial charge >= 0.3 is 0 Å². The Morgan fingerprint density at radius 2 is 2.10 bits per heavy atom. The van der Waals surface area contributed by atoms with Crippen molar-refractivity contribution in [3.8, 4) is 17.6 Å². The minimum atomic E-state index is -0.197. The number of rotatable bonds is 3. The van der Waals surface area contributed by atoms with Crippen LogP contribution in [0.5, 0.6) is 5.75 Å². The minimum Gasteiger partial charge on any atom is -0.495 e. The summed E-state index contributed by atoms with van der Waals surface area (Å²) >= 11 is 0. The number of amides is 1. The molecule has 0 bridgehead atoms. The molecule has 0 aromatic heterocycles. The number of hydrogen-bond acceptors (Lipinski definition) is 3. The summed E-state index contributed by atoms with van der Waals surface area (Å²) in [5.74, 6) is 5.89. The Labute approximate surface area is 120 Å². The first kappa shape index (κ1) is 16.1. The molecule has 0 atom stereocenters. The molecule has 2 N–H and O–H groups in total. The van der Waals surface area contributed by atoms with Gasteiger partial charge in [0.25, 0.3) is 0 Å². The van der Waals surface area contributed by atoms with Gasteiger partial charge in [0.05, 0.1) is 12.8 Å². The number of carbonyl (C=O) groups is 1. The maximum Gasteiger partial charge on any atom is 0.224 e. The molecule has 0 unspecified atom stereocenters. The first-order chi connectivity index (χ1) is 9.35. The summed E-state index contributed by atoms with van der Waals surface area (Å²) < 4.78 is 5.22. The van der Waals surface area contributed by atoms with E-state index >= 15 is 0 Å². The lowest BCUT2D eigenvalue weighted by Gasteiger charge is -2.18. The molecule has 0 radical (unpaired) electrons. The van der Waals surface area contributed by atoms with E-state index in [0.29, 0.717) is 23.4 Å². The summed E-state index contributed by atoms with van der Waals surface area (Å²) in [6.45, 7) is 5.82. The van der Waals surface area contributed by atoms with Crippen molar-refractivity contribution in [2.45, 2.75) is 27.2 Å². The van der Waals surface area contributed by atoms with Crippen LogP contribution in [0.25, 0.3) is 0 Å². The van der Waals surface area contributed by atoms with Gasteiger partial charge in [-0.15, -0.1) is 0 Å². The Balaban J connectivity index is 2.94. The molecular weight excluding hydrogens is 254 g/mol. The van der Waals surface area contributed by atoms with Gasteiger partial charge in [0, 0.05) is 12.0 Å². The van der Waals surface area contributed by atoms with Gasteiger partial charge in [0.15, 0.2) is 0 Å². The molecular formula is C16H21NO3. The van der Waals surface area contributed by atoms with Gasteiger partial charge < -0.3 is 15.2 Å². The van der Waals surface area contributed by atoms with E-state index in [4.69, 9.17) is 9.84 Å². The fourth-order valence-corrected chi connectivity index (χ4v) is 1.70. The van der Waals surface area contributed by atoms with Crippen molar-refractivity contribution in [3.63, 3.8) is 0 Å². The van der Waals surface area contributed by atoms with E-state index in [1.807, 2.05) is 20.8 Å². The van der Waals surface area contributed by atoms with Crippen molar-refractivity contribution in [1.82, 2.24) is 0 Å². The first-order valence-electron chi connectivity index (χ1n) is 6.43. The maximum absolute atomic E-state index is 12.0. The van der Waals surface area contributed by atoms with Crippen LogP contribution in [0.2, 0.25) is 0 Å². The van der Waals surface area contributed by atoms with Crippen molar-refractivity contribution in [2.24, 2.45) is 5.41 Å². The molecule has 0 aliphatic heterocycles. The quantitative estimate of drug-likeness (QED) is 0.833. The number of anilines is 1. The topological polar surface area (TPSA) is 58.6 Å². The zero-order chi connectivity index (χ0) is 15.2. The van der Waals surface area contributed by atoms with E-state index in [9.17, 15) is 4.79 Å². The Morgan fingerprint density at radius 3 is 2.65 bits per heavy atom. The van der Waals surface area contributed by atoms with Crippen molar-refractivity contribution in [3.05, 3.63) is 23.8 Å². The largest absolute Gasteiger partial charge is 0.495 e. The average molecular weight is 275 g/mol. The highest BCUT2D eigenvalue weighted by Gasteiger charge is 2.17. The number of carbonyl (C=O) groups excluding carboxylic acids is 1. The second kappa shape index (κ2) is 6.97. The molecule has 1 amide bonds. The monoisotopic (exact) mass is 275 g/mol. The summed E-state index contributed by atoms with van der Waals surface area (Å²) in [5, 5.41) is 11.5. The number of hydrogen-bond donors (Lipinski definition) is 2. The Hall–Kier alpha value is -1.99. The summed E-state index contributed by atoms with van der Waals surface area (Å²) in [6.07, 6.45) is 0.419. The van der Waals surface area contributed by atoms with Crippen LogP contribution in [0.15, 0.2) is 18.2 Å².